The summed E-state index contributed by atoms with van der Waals surface area (Å²) in [4.78, 5) is 0. The Kier molecular flexibility index (Phi) is 3.62. The smallest absolute Gasteiger partial charge is 0.0251 e. The molecule has 0 saturated carbocycles. The Morgan fingerprint density at radius 1 is 1.00 bits per heavy atom. The van der Waals surface area contributed by atoms with Crippen LogP contribution in [0.2, 0.25) is 0 Å². The van der Waals surface area contributed by atoms with Gasteiger partial charge < -0.3 is 5.32 Å². The fourth-order valence-corrected chi connectivity index (χ4v) is 3.52. The van der Waals surface area contributed by atoms with Crippen LogP contribution in [0.3, 0.4) is 0 Å². The first kappa shape index (κ1) is 14.3. The second-order valence-electron chi connectivity index (χ2n) is 7.32. The van der Waals surface area contributed by atoms with Crippen molar-refractivity contribution in [1.29, 1.82) is 0 Å². The second kappa shape index (κ2) is 5.31. The highest BCUT2D eigenvalue weighted by Crippen LogP contribution is 2.41. The Hall–Kier alpha value is -1.60. The molecular formula is C20H25N. The molecule has 1 heteroatoms. The number of hydrogen-bond acceptors (Lipinski definition) is 1. The summed E-state index contributed by atoms with van der Waals surface area (Å²) in [5.74, 6) is 0.426. The highest BCUT2D eigenvalue weighted by molar-refractivity contribution is 5.44. The topological polar surface area (TPSA) is 12.0 Å². The van der Waals surface area contributed by atoms with E-state index in [1.807, 2.05) is 0 Å². The zero-order chi connectivity index (χ0) is 15.0. The number of rotatable bonds is 1. The van der Waals surface area contributed by atoms with E-state index in [0.29, 0.717) is 12.0 Å². The Morgan fingerprint density at radius 2 is 1.71 bits per heavy atom. The van der Waals surface area contributed by atoms with Crippen molar-refractivity contribution in [1.82, 2.24) is 5.32 Å². The van der Waals surface area contributed by atoms with Crippen LogP contribution in [0.5, 0.6) is 0 Å². The van der Waals surface area contributed by atoms with Crippen molar-refractivity contribution in [3.05, 3.63) is 70.8 Å². The molecule has 1 aliphatic rings. The molecule has 0 spiro atoms. The quantitative estimate of drug-likeness (QED) is 0.801. The average Bonchev–Trinajstić information content (AvgIpc) is 2.46. The number of nitrogens with one attached hydrogen (secondary N) is 1. The van der Waals surface area contributed by atoms with E-state index in [1.54, 1.807) is 0 Å². The third-order valence-corrected chi connectivity index (χ3v) is 4.57. The zero-order valence-electron chi connectivity index (χ0n) is 13.5. The summed E-state index contributed by atoms with van der Waals surface area (Å²) >= 11 is 0. The Bertz CT molecular complexity index is 622. The molecule has 2 aromatic rings. The van der Waals surface area contributed by atoms with Gasteiger partial charge in [-0.05, 0) is 29.0 Å². The third-order valence-electron chi connectivity index (χ3n) is 4.57. The summed E-state index contributed by atoms with van der Waals surface area (Å²) in [6.07, 6.45) is 0. The molecular weight excluding hydrogens is 254 g/mol. The van der Waals surface area contributed by atoms with Gasteiger partial charge in [-0.15, -0.1) is 0 Å². The lowest BCUT2D eigenvalue weighted by Crippen LogP contribution is -2.48. The summed E-state index contributed by atoms with van der Waals surface area (Å²) in [6.45, 7) is 10.2. The van der Waals surface area contributed by atoms with Crippen LogP contribution in [-0.2, 0) is 6.54 Å². The van der Waals surface area contributed by atoms with Crippen molar-refractivity contribution < 1.29 is 0 Å². The average molecular weight is 279 g/mol. The van der Waals surface area contributed by atoms with Crippen molar-refractivity contribution in [2.45, 2.75) is 46.2 Å². The minimum Gasteiger partial charge on any atom is -0.308 e. The molecule has 1 aliphatic heterocycles. The molecule has 1 nitrogen and oxygen atoms in total. The number of aryl methyl sites for hydroxylation is 1. The molecule has 1 N–H and O–H groups in total. The van der Waals surface area contributed by atoms with Crippen molar-refractivity contribution in [3.8, 4) is 0 Å². The molecule has 0 aliphatic carbocycles. The summed E-state index contributed by atoms with van der Waals surface area (Å²) in [7, 11) is 0. The summed E-state index contributed by atoms with van der Waals surface area (Å²) < 4.78 is 0. The second-order valence-corrected chi connectivity index (χ2v) is 7.32. The molecule has 2 aromatic carbocycles. The normalized spacial score (nSPS) is 21.9. The standard InChI is InChI=1S/C20H25N/c1-14-10-11-16-13-21-19(20(2,3)4)18(17(16)12-14)15-8-6-5-7-9-15/h5-12,18-19,21H,13H2,1-4H3. The van der Waals surface area contributed by atoms with E-state index in [2.05, 4.69) is 81.5 Å². The molecule has 2 unspecified atom stereocenters. The SMILES string of the molecule is Cc1ccc2c(c1)C(c1ccccc1)C(C(C)(C)C)NC2. The van der Waals surface area contributed by atoms with Crippen LogP contribution >= 0.6 is 0 Å². The minimum absolute atomic E-state index is 0.224. The van der Waals surface area contributed by atoms with Gasteiger partial charge in [-0.1, -0.05) is 74.9 Å². The predicted octanol–water partition coefficient (Wildman–Crippen LogP) is 4.64. The minimum atomic E-state index is 0.224. The van der Waals surface area contributed by atoms with E-state index in [1.165, 1.54) is 22.3 Å². The van der Waals surface area contributed by atoms with E-state index in [9.17, 15) is 0 Å². The summed E-state index contributed by atoms with van der Waals surface area (Å²) in [6, 6.07) is 18.3. The highest BCUT2D eigenvalue weighted by Gasteiger charge is 2.37. The first-order valence-electron chi connectivity index (χ1n) is 7.84. The van der Waals surface area contributed by atoms with Gasteiger partial charge in [-0.25, -0.2) is 0 Å². The Labute approximate surface area is 128 Å². The number of hydrogen-bond donors (Lipinski definition) is 1. The fraction of sp³-hybridized carbons (Fsp3) is 0.400. The molecule has 0 aromatic heterocycles. The molecule has 0 bridgehead atoms. The molecule has 21 heavy (non-hydrogen) atoms. The van der Waals surface area contributed by atoms with Gasteiger partial charge in [0.25, 0.3) is 0 Å². The van der Waals surface area contributed by atoms with Crippen molar-refractivity contribution in [2.24, 2.45) is 5.41 Å². The molecule has 110 valence electrons. The molecule has 2 atom stereocenters. The number of benzene rings is 2. The van der Waals surface area contributed by atoms with E-state index in [0.717, 1.165) is 6.54 Å². The van der Waals surface area contributed by atoms with Crippen LogP contribution in [0.25, 0.3) is 0 Å². The van der Waals surface area contributed by atoms with E-state index >= 15 is 0 Å². The Morgan fingerprint density at radius 3 is 2.38 bits per heavy atom. The predicted molar refractivity (Wildman–Crippen MR) is 89.5 cm³/mol. The Balaban J connectivity index is 2.16. The molecule has 0 radical (unpaired) electrons. The lowest BCUT2D eigenvalue weighted by Gasteiger charge is -2.42. The number of fused-ring (bicyclic) bond motifs is 1. The van der Waals surface area contributed by atoms with Crippen LogP contribution in [-0.4, -0.2) is 6.04 Å². The third kappa shape index (κ3) is 2.75. The van der Waals surface area contributed by atoms with Gasteiger partial charge in [-0.2, -0.15) is 0 Å². The molecule has 0 fully saturated rings. The van der Waals surface area contributed by atoms with Crippen molar-refractivity contribution >= 4 is 0 Å². The first-order valence-corrected chi connectivity index (χ1v) is 7.84. The van der Waals surface area contributed by atoms with Crippen molar-refractivity contribution in [2.75, 3.05) is 0 Å². The lowest BCUT2D eigenvalue weighted by molar-refractivity contribution is 0.233. The van der Waals surface area contributed by atoms with E-state index < -0.39 is 0 Å². The maximum absolute atomic E-state index is 3.78. The van der Waals surface area contributed by atoms with E-state index in [4.69, 9.17) is 0 Å². The zero-order valence-corrected chi connectivity index (χ0v) is 13.5. The van der Waals surface area contributed by atoms with Gasteiger partial charge in [0.15, 0.2) is 0 Å². The van der Waals surface area contributed by atoms with Crippen LogP contribution in [0.4, 0.5) is 0 Å². The fourth-order valence-electron chi connectivity index (χ4n) is 3.52. The molecule has 0 amide bonds. The van der Waals surface area contributed by atoms with Gasteiger partial charge in [0.1, 0.15) is 0 Å². The van der Waals surface area contributed by atoms with Gasteiger partial charge >= 0.3 is 0 Å². The maximum Gasteiger partial charge on any atom is 0.0251 e. The first-order chi connectivity index (χ1) is 9.97. The molecule has 1 heterocycles. The van der Waals surface area contributed by atoms with Gasteiger partial charge in [0, 0.05) is 18.5 Å². The summed E-state index contributed by atoms with van der Waals surface area (Å²) in [5.41, 5.74) is 5.93. The maximum atomic E-state index is 3.78. The largest absolute Gasteiger partial charge is 0.308 e. The van der Waals surface area contributed by atoms with Gasteiger partial charge in [-0.3, -0.25) is 0 Å². The van der Waals surface area contributed by atoms with Gasteiger partial charge in [0.05, 0.1) is 0 Å². The molecule has 0 saturated heterocycles. The van der Waals surface area contributed by atoms with Crippen LogP contribution < -0.4 is 5.32 Å². The monoisotopic (exact) mass is 279 g/mol. The van der Waals surface area contributed by atoms with E-state index in [-0.39, 0.29) is 5.41 Å². The van der Waals surface area contributed by atoms with Crippen LogP contribution in [0.15, 0.2) is 48.5 Å². The lowest BCUT2D eigenvalue weighted by atomic mass is 9.70. The highest BCUT2D eigenvalue weighted by atomic mass is 15.0. The van der Waals surface area contributed by atoms with Crippen molar-refractivity contribution in [3.63, 3.8) is 0 Å². The molecule has 3 rings (SSSR count). The van der Waals surface area contributed by atoms with Crippen LogP contribution in [0.1, 0.15) is 48.9 Å². The summed E-state index contributed by atoms with van der Waals surface area (Å²) in [5, 5.41) is 3.78. The van der Waals surface area contributed by atoms with Crippen LogP contribution in [0, 0.1) is 12.3 Å². The van der Waals surface area contributed by atoms with Gasteiger partial charge in [0.2, 0.25) is 0 Å².